The molecule has 0 amide bonds. The molecule has 0 unspecified atom stereocenters. The fourth-order valence-electron chi connectivity index (χ4n) is 2.05. The number of quaternary nitrogens is 3. The molecule has 0 fully saturated rings. The summed E-state index contributed by atoms with van der Waals surface area (Å²) in [5.41, 5.74) is 1.81. The smallest absolute Gasteiger partial charge is 0.333 e. The standard InChI is InChI=1S/3C9H18NO2.C8H15NO2.ClH.H2O4S/c3*1-8(2)9(11)12-7-6-10(3,4)5;1-7(2)8(10)11-6-5-9(3)4;;1-5(2,3)4/h3*1,6-7H2,2-5H3;1,5-6H2,2-4H3;1H;(H2,1,2,3,4)/q3*+1;;;/p-3. The lowest BCUT2D eigenvalue weighted by atomic mass is 10.4. The third-order valence-electron chi connectivity index (χ3n) is 5.15. The summed E-state index contributed by atoms with van der Waals surface area (Å²) in [6, 6.07) is 0. The van der Waals surface area contributed by atoms with Crippen molar-refractivity contribution < 1.29 is 81.5 Å². The van der Waals surface area contributed by atoms with E-state index < -0.39 is 10.4 Å². The summed E-state index contributed by atoms with van der Waals surface area (Å²) >= 11 is 0. The van der Waals surface area contributed by atoms with E-state index in [1.165, 1.54) is 0 Å². The molecule has 16 nitrogen and oxygen atoms in total. The van der Waals surface area contributed by atoms with Gasteiger partial charge in [0.25, 0.3) is 0 Å². The molecule has 0 radical (unpaired) electrons. The number of likely N-dealkylation sites (N-methyl/N-ethyl adjacent to an activating group) is 4. The van der Waals surface area contributed by atoms with Crippen LogP contribution in [0.2, 0.25) is 0 Å². The van der Waals surface area contributed by atoms with Gasteiger partial charge in [-0.2, -0.15) is 0 Å². The molecule has 0 spiro atoms. The van der Waals surface area contributed by atoms with Crippen LogP contribution in [0.3, 0.4) is 0 Å². The lowest BCUT2D eigenvalue weighted by Crippen LogP contribution is -3.00. The van der Waals surface area contributed by atoms with Crippen LogP contribution in [0.25, 0.3) is 0 Å². The highest BCUT2D eigenvalue weighted by molar-refractivity contribution is 7.79. The monoisotopic (exact) mass is 804 g/mol. The zero-order valence-electron chi connectivity index (χ0n) is 35.0. The van der Waals surface area contributed by atoms with Crippen molar-refractivity contribution in [3.8, 4) is 0 Å². The average Bonchev–Trinajstić information content (AvgIpc) is 2.90. The molecule has 0 saturated carbocycles. The van der Waals surface area contributed by atoms with E-state index >= 15 is 0 Å². The van der Waals surface area contributed by atoms with E-state index in [4.69, 9.17) is 36.5 Å². The van der Waals surface area contributed by atoms with Crippen molar-refractivity contribution in [1.29, 1.82) is 0 Å². The fraction of sp³-hybridized carbons (Fsp3) is 0.657. The largest absolute Gasteiger partial charge is 1.00 e. The molecular weight excluding hydrogens is 736 g/mol. The van der Waals surface area contributed by atoms with Gasteiger partial charge in [-0.05, 0) is 41.8 Å². The topological polar surface area (TPSA) is 189 Å². The first-order valence-corrected chi connectivity index (χ1v) is 17.4. The summed E-state index contributed by atoms with van der Waals surface area (Å²) in [4.78, 5) is 45.4. The number of nitrogens with zero attached hydrogens (tertiary/aromatic N) is 4. The maximum Gasteiger partial charge on any atom is 0.333 e. The second-order valence-electron chi connectivity index (χ2n) is 14.9. The van der Waals surface area contributed by atoms with E-state index in [9.17, 15) is 19.2 Å². The fourth-order valence-corrected chi connectivity index (χ4v) is 2.05. The van der Waals surface area contributed by atoms with Gasteiger partial charge in [0.2, 0.25) is 0 Å². The Morgan fingerprint density at radius 3 is 0.811 bits per heavy atom. The first kappa shape index (κ1) is 61.9. The molecule has 0 aromatic carbocycles. The number of carbonyl (C=O) groups excluding carboxylic acids is 4. The number of esters is 4. The lowest BCUT2D eigenvalue weighted by Gasteiger charge is -2.23. The molecule has 314 valence electrons. The molecular formula is C35H69ClN4O12S. The summed E-state index contributed by atoms with van der Waals surface area (Å²) < 4.78 is 56.1. The molecule has 18 heteroatoms. The Bertz CT molecular complexity index is 1140. The Kier molecular flexibility index (Phi) is 36.4. The highest BCUT2D eigenvalue weighted by Gasteiger charge is 2.11. The minimum atomic E-state index is -5.17. The predicted octanol–water partition coefficient (Wildman–Crippen LogP) is -1.23. The zero-order valence-corrected chi connectivity index (χ0v) is 36.5. The van der Waals surface area contributed by atoms with Gasteiger partial charge in [-0.1, -0.05) is 26.3 Å². The van der Waals surface area contributed by atoms with E-state index in [0.717, 1.165) is 39.6 Å². The van der Waals surface area contributed by atoms with Crippen molar-refractivity contribution in [1.82, 2.24) is 4.90 Å². The van der Waals surface area contributed by atoms with Crippen LogP contribution in [0.4, 0.5) is 0 Å². The van der Waals surface area contributed by atoms with Gasteiger partial charge in [0, 0.05) is 39.2 Å². The summed E-state index contributed by atoms with van der Waals surface area (Å²) in [6.07, 6.45) is 0. The molecule has 0 N–H and O–H groups in total. The third-order valence-corrected chi connectivity index (χ3v) is 5.15. The highest BCUT2D eigenvalue weighted by Crippen LogP contribution is 1.97. The number of hydrogen-bond donors (Lipinski definition) is 0. The molecule has 0 saturated heterocycles. The predicted molar refractivity (Wildman–Crippen MR) is 201 cm³/mol. The number of carbonyl (C=O) groups is 4. The van der Waals surface area contributed by atoms with Gasteiger partial charge >= 0.3 is 23.9 Å². The summed E-state index contributed by atoms with van der Waals surface area (Å²) in [5, 5.41) is 0. The first-order chi connectivity index (χ1) is 23.0. The van der Waals surface area contributed by atoms with Crippen molar-refractivity contribution in [2.24, 2.45) is 0 Å². The summed E-state index contributed by atoms with van der Waals surface area (Å²) in [7, 11) is 17.1. The van der Waals surface area contributed by atoms with E-state index in [2.05, 4.69) is 89.7 Å². The lowest BCUT2D eigenvalue weighted by molar-refractivity contribution is -0.870. The van der Waals surface area contributed by atoms with Crippen LogP contribution in [-0.4, -0.2) is 190 Å². The van der Waals surface area contributed by atoms with E-state index in [0.29, 0.717) is 48.7 Å². The van der Waals surface area contributed by atoms with Crippen LogP contribution in [0.5, 0.6) is 0 Å². The van der Waals surface area contributed by atoms with Crippen molar-refractivity contribution in [3.05, 3.63) is 48.6 Å². The SMILES string of the molecule is C=C(C)C(=O)OCCN(C)C.C=C(C)C(=O)OCC[N+](C)(C)C.C=C(C)C(=O)OCC[N+](C)(C)C.C=C(C)C(=O)OCC[N+](C)(C)C.O=S(=O)([O-])[O-].[Cl-]. The van der Waals surface area contributed by atoms with E-state index in [1.54, 1.807) is 27.7 Å². The van der Waals surface area contributed by atoms with Crippen molar-refractivity contribution in [2.45, 2.75) is 27.7 Å². The third kappa shape index (κ3) is 67.5. The van der Waals surface area contributed by atoms with Gasteiger partial charge in [0.05, 0.1) is 63.4 Å². The van der Waals surface area contributed by atoms with Gasteiger partial charge in [-0.15, -0.1) is 0 Å². The quantitative estimate of drug-likeness (QED) is 0.0451. The Hall–Kier alpha value is -3.16. The number of rotatable bonds is 16. The van der Waals surface area contributed by atoms with Crippen LogP contribution in [0, 0.1) is 0 Å². The van der Waals surface area contributed by atoms with Crippen LogP contribution >= 0.6 is 0 Å². The molecule has 53 heavy (non-hydrogen) atoms. The maximum atomic E-state index is 10.9. The normalized spacial score (nSPS) is 10.6. The number of hydrogen-bond acceptors (Lipinski definition) is 13. The van der Waals surface area contributed by atoms with Gasteiger partial charge in [-0.3, -0.25) is 8.42 Å². The first-order valence-electron chi connectivity index (χ1n) is 16.1. The highest BCUT2D eigenvalue weighted by atomic mass is 35.5. The zero-order chi connectivity index (χ0) is 42.7. The van der Waals surface area contributed by atoms with Crippen LogP contribution in [0.15, 0.2) is 48.6 Å². The second kappa shape index (κ2) is 31.2. The minimum absolute atomic E-state index is 0. The van der Waals surface area contributed by atoms with Crippen LogP contribution in [-0.2, 0) is 48.5 Å². The molecule has 0 aliphatic carbocycles. The minimum Gasteiger partial charge on any atom is -1.00 e. The Labute approximate surface area is 326 Å². The van der Waals surface area contributed by atoms with Gasteiger partial charge in [0.15, 0.2) is 0 Å². The Morgan fingerprint density at radius 1 is 0.509 bits per heavy atom. The van der Waals surface area contributed by atoms with Gasteiger partial charge in [-0.25, -0.2) is 19.2 Å². The molecule has 0 bridgehead atoms. The molecule has 0 atom stereocenters. The maximum absolute atomic E-state index is 10.9. The van der Waals surface area contributed by atoms with Crippen LogP contribution in [0.1, 0.15) is 27.7 Å². The van der Waals surface area contributed by atoms with Crippen molar-refractivity contribution >= 4 is 34.3 Å². The van der Waals surface area contributed by atoms with Crippen molar-refractivity contribution in [3.63, 3.8) is 0 Å². The van der Waals surface area contributed by atoms with Crippen LogP contribution < -0.4 is 12.4 Å². The molecule has 0 rings (SSSR count). The Balaban J connectivity index is -0.000000132. The molecule has 0 aromatic rings. The van der Waals surface area contributed by atoms with Gasteiger partial charge < -0.3 is 58.8 Å². The van der Waals surface area contributed by atoms with E-state index in [-0.39, 0.29) is 36.3 Å². The van der Waals surface area contributed by atoms with E-state index in [1.807, 2.05) is 19.0 Å². The number of ether oxygens (including phenoxy) is 4. The van der Waals surface area contributed by atoms with Gasteiger partial charge in [0.1, 0.15) is 46.1 Å². The second-order valence-corrected chi connectivity index (χ2v) is 15.7. The summed E-state index contributed by atoms with van der Waals surface area (Å²) in [6.45, 7) is 25.5. The molecule has 0 heterocycles. The molecule has 0 aliphatic rings. The van der Waals surface area contributed by atoms with Crippen molar-refractivity contribution in [2.75, 3.05) is 130 Å². The molecule has 0 aromatic heterocycles. The summed E-state index contributed by atoms with van der Waals surface area (Å²) in [5.74, 6) is -1.22. The Morgan fingerprint density at radius 2 is 0.679 bits per heavy atom. The average molecular weight is 805 g/mol. The molecule has 0 aliphatic heterocycles. The number of halogens is 1.